The van der Waals surface area contributed by atoms with Crippen molar-refractivity contribution in [3.05, 3.63) is 36.9 Å². The molecule has 124 valence electrons. The van der Waals surface area contributed by atoms with Gasteiger partial charge in [0.05, 0.1) is 16.8 Å². The summed E-state index contributed by atoms with van der Waals surface area (Å²) in [4.78, 5) is 25.1. The molecule has 1 aliphatic heterocycles. The van der Waals surface area contributed by atoms with Crippen molar-refractivity contribution >= 4 is 32.6 Å². The topological polar surface area (TPSA) is 67.2 Å². The number of anilines is 1. The van der Waals surface area contributed by atoms with Gasteiger partial charge in [-0.15, -0.1) is 0 Å². The minimum absolute atomic E-state index is 0.175. The summed E-state index contributed by atoms with van der Waals surface area (Å²) in [7, 11) is 0. The van der Waals surface area contributed by atoms with Crippen LogP contribution in [0.1, 0.15) is 6.42 Å². The number of aryl methyl sites for hydroxylation is 1. The fourth-order valence-corrected chi connectivity index (χ4v) is 3.88. The second-order valence-corrected chi connectivity index (χ2v) is 6.75. The van der Waals surface area contributed by atoms with Crippen LogP contribution in [0, 0.1) is 0 Å². The van der Waals surface area contributed by atoms with Crippen LogP contribution in [0.2, 0.25) is 0 Å². The van der Waals surface area contributed by atoms with Crippen LogP contribution >= 0.6 is 11.3 Å². The monoisotopic (exact) mass is 342 g/mol. The minimum Gasteiger partial charge on any atom is -0.345 e. The Labute approximate surface area is 143 Å². The first-order chi connectivity index (χ1) is 11.8. The molecule has 24 heavy (non-hydrogen) atoms. The number of hydrogen-bond donors (Lipinski definition) is 0. The Hall–Kier alpha value is -2.48. The fourth-order valence-electron chi connectivity index (χ4n) is 2.86. The third kappa shape index (κ3) is 3.09. The molecule has 1 aliphatic rings. The number of nitrogens with zero attached hydrogens (tertiary/aromatic N) is 6. The molecular formula is C16H18N6OS. The molecule has 1 aromatic carbocycles. The Kier molecular flexibility index (Phi) is 4.12. The van der Waals surface area contributed by atoms with E-state index in [1.54, 1.807) is 22.3 Å². The summed E-state index contributed by atoms with van der Waals surface area (Å²) in [5.74, 6) is 0.175. The van der Waals surface area contributed by atoms with Gasteiger partial charge in [0.25, 0.3) is 0 Å². The average Bonchev–Trinajstić information content (AvgIpc) is 3.29. The molecule has 0 spiro atoms. The van der Waals surface area contributed by atoms with Crippen molar-refractivity contribution in [2.24, 2.45) is 0 Å². The van der Waals surface area contributed by atoms with Gasteiger partial charge in [-0.05, 0) is 12.1 Å². The maximum absolute atomic E-state index is 12.3. The molecule has 0 unspecified atom stereocenters. The molecule has 0 radical (unpaired) electrons. The number of benzene rings is 1. The Balaban J connectivity index is 1.33. The van der Waals surface area contributed by atoms with Crippen molar-refractivity contribution in [1.29, 1.82) is 0 Å². The number of fused-ring (bicyclic) bond motifs is 1. The lowest BCUT2D eigenvalue weighted by atomic mass is 10.3. The zero-order valence-electron chi connectivity index (χ0n) is 13.2. The van der Waals surface area contributed by atoms with Gasteiger partial charge < -0.3 is 9.80 Å². The summed E-state index contributed by atoms with van der Waals surface area (Å²) in [6.45, 7) is 3.72. The molecule has 0 aliphatic carbocycles. The maximum Gasteiger partial charge on any atom is 0.224 e. The van der Waals surface area contributed by atoms with E-state index in [4.69, 9.17) is 4.98 Å². The molecule has 3 heterocycles. The highest BCUT2D eigenvalue weighted by Crippen LogP contribution is 2.29. The number of para-hydroxylation sites is 1. The second-order valence-electron chi connectivity index (χ2n) is 5.74. The van der Waals surface area contributed by atoms with E-state index in [0.717, 1.165) is 36.8 Å². The van der Waals surface area contributed by atoms with E-state index in [1.165, 1.54) is 11.0 Å². The lowest BCUT2D eigenvalue weighted by Gasteiger charge is -2.34. The predicted octanol–water partition coefficient (Wildman–Crippen LogP) is 1.63. The summed E-state index contributed by atoms with van der Waals surface area (Å²) in [6.07, 6.45) is 3.59. The molecule has 0 saturated carbocycles. The van der Waals surface area contributed by atoms with E-state index in [9.17, 15) is 4.79 Å². The number of rotatable bonds is 4. The van der Waals surface area contributed by atoms with Crippen molar-refractivity contribution in [1.82, 2.24) is 24.6 Å². The van der Waals surface area contributed by atoms with Gasteiger partial charge in [0.1, 0.15) is 12.7 Å². The number of hydrogen-bond acceptors (Lipinski definition) is 6. The Morgan fingerprint density at radius 1 is 1.17 bits per heavy atom. The maximum atomic E-state index is 12.3. The third-order valence-corrected chi connectivity index (χ3v) is 5.30. The number of thiazole rings is 1. The van der Waals surface area contributed by atoms with E-state index >= 15 is 0 Å². The van der Waals surface area contributed by atoms with Crippen LogP contribution in [-0.4, -0.2) is 56.7 Å². The lowest BCUT2D eigenvalue weighted by Crippen LogP contribution is -2.48. The van der Waals surface area contributed by atoms with E-state index < -0.39 is 0 Å². The van der Waals surface area contributed by atoms with E-state index in [1.807, 2.05) is 23.1 Å². The summed E-state index contributed by atoms with van der Waals surface area (Å²) >= 11 is 1.71. The largest absolute Gasteiger partial charge is 0.345 e. The van der Waals surface area contributed by atoms with Crippen LogP contribution in [-0.2, 0) is 11.3 Å². The smallest absolute Gasteiger partial charge is 0.224 e. The van der Waals surface area contributed by atoms with E-state index in [-0.39, 0.29) is 5.91 Å². The van der Waals surface area contributed by atoms with Crippen molar-refractivity contribution < 1.29 is 4.79 Å². The van der Waals surface area contributed by atoms with Gasteiger partial charge in [-0.25, -0.2) is 9.97 Å². The van der Waals surface area contributed by atoms with Crippen molar-refractivity contribution in [3.8, 4) is 0 Å². The molecule has 3 aromatic rings. The third-order valence-electron chi connectivity index (χ3n) is 4.21. The molecule has 0 atom stereocenters. The molecule has 1 fully saturated rings. The van der Waals surface area contributed by atoms with Crippen molar-refractivity contribution in [2.45, 2.75) is 13.0 Å². The van der Waals surface area contributed by atoms with Crippen LogP contribution in [0.5, 0.6) is 0 Å². The molecule has 2 aromatic heterocycles. The van der Waals surface area contributed by atoms with Crippen LogP contribution in [0.4, 0.5) is 5.13 Å². The van der Waals surface area contributed by atoms with E-state index in [2.05, 4.69) is 21.0 Å². The van der Waals surface area contributed by atoms with Crippen LogP contribution in [0.25, 0.3) is 10.2 Å². The Bertz CT molecular complexity index is 789. The molecule has 7 nitrogen and oxygen atoms in total. The van der Waals surface area contributed by atoms with Gasteiger partial charge in [0.15, 0.2) is 5.13 Å². The van der Waals surface area contributed by atoms with Gasteiger partial charge in [-0.3, -0.25) is 9.48 Å². The van der Waals surface area contributed by atoms with Crippen molar-refractivity contribution in [2.75, 3.05) is 31.1 Å². The molecular weight excluding hydrogens is 324 g/mol. The first kappa shape index (κ1) is 15.1. The van der Waals surface area contributed by atoms with Gasteiger partial charge in [-0.2, -0.15) is 5.10 Å². The van der Waals surface area contributed by atoms with Gasteiger partial charge >= 0.3 is 0 Å². The first-order valence-electron chi connectivity index (χ1n) is 8.00. The normalized spacial score (nSPS) is 15.2. The highest BCUT2D eigenvalue weighted by molar-refractivity contribution is 7.22. The van der Waals surface area contributed by atoms with Crippen LogP contribution in [0.15, 0.2) is 36.9 Å². The number of carbonyl (C=O) groups excluding carboxylic acids is 1. The SMILES string of the molecule is O=C(CCn1cncn1)N1CCN(c2nc3ccccc3s2)CC1. The van der Waals surface area contributed by atoms with Gasteiger partial charge in [0, 0.05) is 32.6 Å². The summed E-state index contributed by atoms with van der Waals surface area (Å²) < 4.78 is 2.90. The Morgan fingerprint density at radius 3 is 2.75 bits per heavy atom. The van der Waals surface area contributed by atoms with Gasteiger partial charge in [0.2, 0.25) is 5.91 Å². The molecule has 1 amide bonds. The zero-order chi connectivity index (χ0) is 16.4. The quantitative estimate of drug-likeness (QED) is 0.721. The number of amides is 1. The number of carbonyl (C=O) groups is 1. The molecule has 8 heteroatoms. The highest BCUT2D eigenvalue weighted by atomic mass is 32.1. The van der Waals surface area contributed by atoms with Crippen molar-refractivity contribution in [3.63, 3.8) is 0 Å². The number of aromatic nitrogens is 4. The predicted molar refractivity (Wildman–Crippen MR) is 93.1 cm³/mol. The van der Waals surface area contributed by atoms with E-state index in [0.29, 0.717) is 13.0 Å². The molecule has 0 N–H and O–H groups in total. The first-order valence-corrected chi connectivity index (χ1v) is 8.82. The van der Waals surface area contributed by atoms with Gasteiger partial charge in [-0.1, -0.05) is 23.5 Å². The van der Waals surface area contributed by atoms with Crippen LogP contribution in [0.3, 0.4) is 0 Å². The average molecular weight is 342 g/mol. The molecule has 4 rings (SSSR count). The lowest BCUT2D eigenvalue weighted by molar-refractivity contribution is -0.131. The fraction of sp³-hybridized carbons (Fsp3) is 0.375. The standard InChI is InChI=1S/C16H18N6OS/c23-15(5-6-22-12-17-11-18-22)20-7-9-21(10-8-20)16-19-13-3-1-2-4-14(13)24-16/h1-4,11-12H,5-10H2. The summed E-state index contributed by atoms with van der Waals surface area (Å²) in [5.41, 5.74) is 1.05. The number of piperazine rings is 1. The summed E-state index contributed by atoms with van der Waals surface area (Å²) in [5, 5.41) is 5.07. The Morgan fingerprint density at radius 2 is 2.00 bits per heavy atom. The minimum atomic E-state index is 0.175. The highest BCUT2D eigenvalue weighted by Gasteiger charge is 2.22. The molecule has 1 saturated heterocycles. The zero-order valence-corrected chi connectivity index (χ0v) is 14.0. The molecule has 0 bridgehead atoms. The summed E-state index contributed by atoms with van der Waals surface area (Å²) in [6, 6.07) is 8.19. The van der Waals surface area contributed by atoms with Crippen LogP contribution < -0.4 is 4.90 Å². The second kappa shape index (κ2) is 6.56.